The second kappa shape index (κ2) is 7.86. The third kappa shape index (κ3) is 4.50. The molecule has 0 radical (unpaired) electrons. The summed E-state index contributed by atoms with van der Waals surface area (Å²) in [7, 11) is 0. The molecule has 4 heteroatoms. The topological polar surface area (TPSA) is 32.1 Å². The average molecular weight is 229 g/mol. The van der Waals surface area contributed by atoms with Gasteiger partial charge in [-0.1, -0.05) is 0 Å². The normalized spacial score (nSPS) is 33.0. The van der Waals surface area contributed by atoms with E-state index in [9.17, 15) is 0 Å². The largest absolute Gasteiger partial charge is 1.00 e. The molecular formula is C9H22Cl2N2. The number of nitrogens with one attached hydrogen (secondary N) is 1. The third-order valence-electron chi connectivity index (χ3n) is 3.01. The highest BCUT2D eigenvalue weighted by atomic mass is 35.5. The zero-order chi connectivity index (χ0) is 8.27. The van der Waals surface area contributed by atoms with Crippen LogP contribution < -0.4 is 35.4 Å². The molecule has 3 atom stereocenters. The standard InChI is InChI=1S/C9H20N2.2ClH/c1-8-4-3-5-9(2)11(8)7-6-10;;/h8-9H,3-7,10H2,1-2H3;2*1H/t8-,9+;;. The van der Waals surface area contributed by atoms with Crippen molar-refractivity contribution in [2.45, 2.75) is 45.2 Å². The maximum atomic E-state index is 3.93. The first-order valence-corrected chi connectivity index (χ1v) is 4.90. The van der Waals surface area contributed by atoms with Gasteiger partial charge in [0.25, 0.3) is 0 Å². The van der Waals surface area contributed by atoms with Crippen LogP contribution in [0.3, 0.4) is 0 Å². The van der Waals surface area contributed by atoms with Crippen LogP contribution in [-0.2, 0) is 0 Å². The zero-order valence-corrected chi connectivity index (χ0v) is 10.2. The summed E-state index contributed by atoms with van der Waals surface area (Å²) in [6.45, 7) is 7.10. The van der Waals surface area contributed by atoms with E-state index in [1.165, 1.54) is 25.8 Å². The Hall–Kier alpha value is 0.500. The van der Waals surface area contributed by atoms with Crippen LogP contribution in [0.4, 0.5) is 0 Å². The molecule has 1 aliphatic rings. The van der Waals surface area contributed by atoms with Crippen molar-refractivity contribution in [2.75, 3.05) is 13.1 Å². The lowest BCUT2D eigenvalue weighted by Crippen LogP contribution is -3.20. The Kier molecular flexibility index (Phi) is 9.65. The van der Waals surface area contributed by atoms with Gasteiger partial charge in [-0.15, -0.1) is 0 Å². The van der Waals surface area contributed by atoms with Gasteiger partial charge < -0.3 is 35.4 Å². The summed E-state index contributed by atoms with van der Waals surface area (Å²) in [5.41, 5.74) is 3.93. The molecule has 0 amide bonds. The van der Waals surface area contributed by atoms with E-state index in [1.54, 1.807) is 4.90 Å². The van der Waals surface area contributed by atoms with E-state index in [4.69, 9.17) is 0 Å². The first kappa shape index (κ1) is 15.9. The second-order valence-electron chi connectivity index (χ2n) is 3.91. The van der Waals surface area contributed by atoms with Crippen LogP contribution in [0.2, 0.25) is 0 Å². The van der Waals surface area contributed by atoms with E-state index in [-0.39, 0.29) is 24.8 Å². The lowest BCUT2D eigenvalue weighted by molar-refractivity contribution is -0.955. The zero-order valence-electron chi connectivity index (χ0n) is 8.65. The van der Waals surface area contributed by atoms with Crippen molar-refractivity contribution >= 4 is 0 Å². The van der Waals surface area contributed by atoms with Gasteiger partial charge in [0, 0.05) is 0 Å². The van der Waals surface area contributed by atoms with Gasteiger partial charge in [0.05, 0.1) is 12.1 Å². The Morgan fingerprint density at radius 2 is 1.62 bits per heavy atom. The van der Waals surface area contributed by atoms with Gasteiger partial charge in [-0.2, -0.15) is 0 Å². The van der Waals surface area contributed by atoms with Crippen LogP contribution in [0, 0.1) is 0 Å². The molecule has 1 saturated heterocycles. The van der Waals surface area contributed by atoms with E-state index in [0.717, 1.165) is 18.6 Å². The van der Waals surface area contributed by atoms with E-state index < -0.39 is 0 Å². The Balaban J connectivity index is 0. The van der Waals surface area contributed by atoms with Crippen molar-refractivity contribution in [2.24, 2.45) is 0 Å². The van der Waals surface area contributed by atoms with Crippen LogP contribution in [0.25, 0.3) is 0 Å². The molecule has 1 rings (SSSR count). The fourth-order valence-electron chi connectivity index (χ4n) is 2.28. The number of piperidine rings is 1. The van der Waals surface area contributed by atoms with Crippen LogP contribution in [0.1, 0.15) is 33.1 Å². The maximum absolute atomic E-state index is 3.93. The molecule has 0 aliphatic carbocycles. The molecule has 4 N–H and O–H groups in total. The SMILES string of the molecule is C[C@@H]1CCC[C@H](C)[NH+]1CC[NH3+].[Cl-].[Cl-]. The third-order valence-corrected chi connectivity index (χ3v) is 3.01. The summed E-state index contributed by atoms with van der Waals surface area (Å²) < 4.78 is 0. The van der Waals surface area contributed by atoms with Gasteiger partial charge in [0.1, 0.15) is 13.1 Å². The number of likely N-dealkylation sites (tertiary alicyclic amines) is 1. The van der Waals surface area contributed by atoms with Crippen molar-refractivity contribution in [1.82, 2.24) is 0 Å². The number of rotatable bonds is 2. The van der Waals surface area contributed by atoms with Crippen molar-refractivity contribution in [3.8, 4) is 0 Å². The Bertz CT molecular complexity index is 112. The molecule has 0 spiro atoms. The number of quaternary nitrogens is 2. The Morgan fingerprint density at radius 3 is 2.00 bits per heavy atom. The Labute approximate surface area is 94.1 Å². The number of halogens is 2. The highest BCUT2D eigenvalue weighted by molar-refractivity contribution is 4.61. The predicted octanol–water partition coefficient (Wildman–Crippen LogP) is -6.92. The quantitative estimate of drug-likeness (QED) is 0.472. The van der Waals surface area contributed by atoms with Crippen molar-refractivity contribution in [3.05, 3.63) is 0 Å². The molecule has 1 heterocycles. The average Bonchev–Trinajstić information content (AvgIpc) is 1.97. The van der Waals surface area contributed by atoms with E-state index >= 15 is 0 Å². The highest BCUT2D eigenvalue weighted by Crippen LogP contribution is 2.06. The van der Waals surface area contributed by atoms with E-state index in [1.807, 2.05) is 0 Å². The molecule has 0 aromatic heterocycles. The van der Waals surface area contributed by atoms with Gasteiger partial charge in [0.2, 0.25) is 0 Å². The van der Waals surface area contributed by atoms with E-state index in [2.05, 4.69) is 19.6 Å². The molecule has 1 unspecified atom stereocenters. The van der Waals surface area contributed by atoms with Gasteiger partial charge in [0.15, 0.2) is 0 Å². The fraction of sp³-hybridized carbons (Fsp3) is 1.00. The minimum absolute atomic E-state index is 0. The highest BCUT2D eigenvalue weighted by Gasteiger charge is 2.27. The van der Waals surface area contributed by atoms with Crippen LogP contribution in [0.15, 0.2) is 0 Å². The Morgan fingerprint density at radius 1 is 1.15 bits per heavy atom. The minimum atomic E-state index is 0. The molecule has 13 heavy (non-hydrogen) atoms. The van der Waals surface area contributed by atoms with Gasteiger partial charge in [-0.25, -0.2) is 0 Å². The van der Waals surface area contributed by atoms with Crippen molar-refractivity contribution in [1.29, 1.82) is 0 Å². The van der Waals surface area contributed by atoms with Gasteiger partial charge in [-0.05, 0) is 33.1 Å². The molecule has 0 saturated carbocycles. The molecule has 1 fully saturated rings. The summed E-state index contributed by atoms with van der Waals surface area (Å²) in [5.74, 6) is 0. The monoisotopic (exact) mass is 228 g/mol. The minimum Gasteiger partial charge on any atom is -1.00 e. The molecule has 82 valence electrons. The number of hydrogen-bond acceptors (Lipinski definition) is 0. The van der Waals surface area contributed by atoms with Crippen molar-refractivity contribution in [3.63, 3.8) is 0 Å². The first-order valence-electron chi connectivity index (χ1n) is 4.90. The van der Waals surface area contributed by atoms with Crippen LogP contribution >= 0.6 is 0 Å². The molecule has 2 nitrogen and oxygen atoms in total. The summed E-state index contributed by atoms with van der Waals surface area (Å²) in [4.78, 5) is 1.78. The fourth-order valence-corrected chi connectivity index (χ4v) is 2.28. The lowest BCUT2D eigenvalue weighted by Gasteiger charge is -2.34. The lowest BCUT2D eigenvalue weighted by atomic mass is 9.98. The second-order valence-corrected chi connectivity index (χ2v) is 3.91. The van der Waals surface area contributed by atoms with Crippen LogP contribution in [-0.4, -0.2) is 25.2 Å². The molecular weight excluding hydrogens is 207 g/mol. The summed E-state index contributed by atoms with van der Waals surface area (Å²) in [5, 5.41) is 0. The van der Waals surface area contributed by atoms with Crippen LogP contribution in [0.5, 0.6) is 0 Å². The first-order chi connectivity index (χ1) is 5.25. The molecule has 0 aromatic carbocycles. The smallest absolute Gasteiger partial charge is 0.127 e. The van der Waals surface area contributed by atoms with Crippen molar-refractivity contribution < 1.29 is 35.4 Å². The molecule has 1 aliphatic heterocycles. The molecule has 0 aromatic rings. The predicted molar refractivity (Wildman–Crippen MR) is 46.4 cm³/mol. The number of hydrogen-bond donors (Lipinski definition) is 2. The van der Waals surface area contributed by atoms with E-state index in [0.29, 0.717) is 0 Å². The van der Waals surface area contributed by atoms with Gasteiger partial charge in [-0.3, -0.25) is 0 Å². The van der Waals surface area contributed by atoms with Gasteiger partial charge >= 0.3 is 0 Å². The molecule has 0 bridgehead atoms. The summed E-state index contributed by atoms with van der Waals surface area (Å²) in [6, 6.07) is 1.75. The maximum Gasteiger partial charge on any atom is 0.127 e. The summed E-state index contributed by atoms with van der Waals surface area (Å²) >= 11 is 0. The summed E-state index contributed by atoms with van der Waals surface area (Å²) in [6.07, 6.45) is 4.27.